The lowest BCUT2D eigenvalue weighted by molar-refractivity contribution is 0.541. The van der Waals surface area contributed by atoms with Crippen LogP contribution in [0.25, 0.3) is 32.3 Å². The summed E-state index contributed by atoms with van der Waals surface area (Å²) in [6.07, 6.45) is 0. The van der Waals surface area contributed by atoms with Crippen molar-refractivity contribution >= 4 is 66.2 Å². The van der Waals surface area contributed by atoms with E-state index in [0.717, 1.165) is 21.5 Å². The van der Waals surface area contributed by atoms with E-state index in [1.165, 1.54) is 6.07 Å². The van der Waals surface area contributed by atoms with Crippen molar-refractivity contribution in [2.24, 2.45) is 0 Å². The van der Waals surface area contributed by atoms with Crippen LogP contribution >= 0.6 is 0 Å². The smallest absolute Gasteiger partial charge is 0.0552 e. The summed E-state index contributed by atoms with van der Waals surface area (Å²) in [4.78, 5) is 0. The average Bonchev–Trinajstić information content (AvgIpc) is 2.53. The first kappa shape index (κ1) is 15.3. The predicted octanol–water partition coefficient (Wildman–Crippen LogP) is 3.00. The van der Waals surface area contributed by atoms with Crippen LogP contribution in [0.2, 0.25) is 0 Å². The zero-order chi connectivity index (χ0) is 16.8. The third-order valence-corrected chi connectivity index (χ3v) is 4.81. The summed E-state index contributed by atoms with van der Waals surface area (Å²) in [5.41, 5.74) is 0.643. The lowest BCUT2D eigenvalue weighted by Gasteiger charge is -2.20. The predicted molar refractivity (Wildman–Crippen MR) is 95.2 cm³/mol. The molecule has 0 saturated heterocycles. The first-order chi connectivity index (χ1) is 11.5. The number of nitrogens with one attached hydrogen (secondary N) is 2. The van der Waals surface area contributed by atoms with Crippen LogP contribution in [0.15, 0.2) is 48.5 Å². The van der Waals surface area contributed by atoms with Gasteiger partial charge in [0.1, 0.15) is 0 Å². The summed E-state index contributed by atoms with van der Waals surface area (Å²) in [6, 6.07) is 14.9. The molecule has 0 fully saturated rings. The van der Waals surface area contributed by atoms with Crippen LogP contribution in [-0.2, 0) is 22.5 Å². The van der Waals surface area contributed by atoms with Crippen LogP contribution in [0.5, 0.6) is 0 Å². The fourth-order valence-electron chi connectivity index (χ4n) is 3.18. The van der Waals surface area contributed by atoms with E-state index in [1.807, 2.05) is 42.5 Å². The second-order valence-electron chi connectivity index (χ2n) is 5.33. The molecule has 4 aromatic rings. The molecule has 0 spiro atoms. The molecular formula is C16H10N2O4S2-2. The van der Waals surface area contributed by atoms with E-state index in [1.54, 1.807) is 0 Å². The molecule has 4 rings (SSSR count). The maximum Gasteiger partial charge on any atom is 0.0552 e. The molecule has 2 N–H and O–H groups in total. The molecule has 122 valence electrons. The molecule has 0 aromatic heterocycles. The Morgan fingerprint density at radius 2 is 1.21 bits per heavy atom. The lowest BCUT2D eigenvalue weighted by atomic mass is 9.93. The number of anilines is 2. The highest BCUT2D eigenvalue weighted by Crippen LogP contribution is 2.41. The summed E-state index contributed by atoms with van der Waals surface area (Å²) >= 11 is -5.04. The van der Waals surface area contributed by atoms with E-state index < -0.39 is 22.5 Å². The average molecular weight is 358 g/mol. The van der Waals surface area contributed by atoms with E-state index in [-0.39, 0.29) is 0 Å². The third-order valence-electron chi connectivity index (χ3n) is 4.03. The lowest BCUT2D eigenvalue weighted by Crippen LogP contribution is -2.07. The van der Waals surface area contributed by atoms with Crippen LogP contribution in [-0.4, -0.2) is 17.5 Å². The molecule has 0 bridgehead atoms. The van der Waals surface area contributed by atoms with Gasteiger partial charge in [0.05, 0.1) is 11.4 Å². The standard InChI is InChI=1S/C16H12N2O4S2/c19-23(20)17-13-8-14(18-24(21)22)12-7-5-10-3-1-2-9-4-6-11(13)16(12)15(9)10/h1-8,17-18H,(H,19,20)(H,21,22)/p-2. The minimum absolute atomic E-state index is 0.321. The molecule has 0 heterocycles. The van der Waals surface area contributed by atoms with Crippen molar-refractivity contribution in [3.63, 3.8) is 0 Å². The van der Waals surface area contributed by atoms with Gasteiger partial charge in [-0.05, 0) is 22.2 Å². The van der Waals surface area contributed by atoms with E-state index >= 15 is 0 Å². The Morgan fingerprint density at radius 3 is 1.67 bits per heavy atom. The van der Waals surface area contributed by atoms with Crippen molar-refractivity contribution in [3.8, 4) is 0 Å². The van der Waals surface area contributed by atoms with Gasteiger partial charge in [0.25, 0.3) is 0 Å². The van der Waals surface area contributed by atoms with Crippen LogP contribution in [0.4, 0.5) is 11.4 Å². The maximum atomic E-state index is 11.1. The van der Waals surface area contributed by atoms with Crippen molar-refractivity contribution in [2.75, 3.05) is 9.44 Å². The number of hydrogen-bond acceptors (Lipinski definition) is 4. The molecule has 6 nitrogen and oxygen atoms in total. The molecule has 8 heteroatoms. The highest BCUT2D eigenvalue weighted by molar-refractivity contribution is 7.80. The Kier molecular flexibility index (Phi) is 3.61. The molecular weight excluding hydrogens is 348 g/mol. The van der Waals surface area contributed by atoms with Crippen LogP contribution in [0.1, 0.15) is 0 Å². The van der Waals surface area contributed by atoms with Gasteiger partial charge in [0, 0.05) is 38.7 Å². The molecule has 4 aromatic carbocycles. The van der Waals surface area contributed by atoms with Gasteiger partial charge in [0.15, 0.2) is 0 Å². The Hall–Kier alpha value is -2.26. The Balaban J connectivity index is 2.19. The fourth-order valence-corrected chi connectivity index (χ4v) is 3.88. The first-order valence-corrected chi connectivity index (χ1v) is 9.12. The molecule has 0 aliphatic heterocycles. The number of benzene rings is 4. The van der Waals surface area contributed by atoms with Gasteiger partial charge in [-0.3, -0.25) is 8.42 Å². The largest absolute Gasteiger partial charge is 0.755 e. The van der Waals surface area contributed by atoms with Gasteiger partial charge >= 0.3 is 0 Å². The SMILES string of the molecule is O=S([O-])Nc1cc(NS(=O)[O-])c2ccc3cccc4ccc1c2c43. The summed E-state index contributed by atoms with van der Waals surface area (Å²) in [5.74, 6) is 0. The monoisotopic (exact) mass is 358 g/mol. The highest BCUT2D eigenvalue weighted by atomic mass is 32.2. The summed E-state index contributed by atoms with van der Waals surface area (Å²) in [6.45, 7) is 0. The zero-order valence-corrected chi connectivity index (χ0v) is 13.7. The van der Waals surface area contributed by atoms with Crippen molar-refractivity contribution < 1.29 is 17.5 Å². The molecule has 0 radical (unpaired) electrons. The number of hydrogen-bond donors (Lipinski definition) is 2. The van der Waals surface area contributed by atoms with Gasteiger partial charge in [0.2, 0.25) is 0 Å². The topological polar surface area (TPSA) is 104 Å². The van der Waals surface area contributed by atoms with E-state index in [4.69, 9.17) is 0 Å². The zero-order valence-electron chi connectivity index (χ0n) is 12.1. The van der Waals surface area contributed by atoms with Crippen molar-refractivity contribution in [2.45, 2.75) is 0 Å². The summed E-state index contributed by atoms with van der Waals surface area (Å²) < 4.78 is 49.1. The van der Waals surface area contributed by atoms with Gasteiger partial charge in [-0.25, -0.2) is 0 Å². The van der Waals surface area contributed by atoms with Crippen LogP contribution in [0, 0.1) is 0 Å². The second kappa shape index (κ2) is 5.67. The van der Waals surface area contributed by atoms with Crippen molar-refractivity contribution in [1.29, 1.82) is 0 Å². The van der Waals surface area contributed by atoms with Gasteiger partial charge in [-0.2, -0.15) is 0 Å². The third kappa shape index (κ3) is 2.40. The quantitative estimate of drug-likeness (QED) is 0.432. The molecule has 2 unspecified atom stereocenters. The van der Waals surface area contributed by atoms with Crippen molar-refractivity contribution in [3.05, 3.63) is 48.5 Å². The highest BCUT2D eigenvalue weighted by Gasteiger charge is 2.14. The summed E-state index contributed by atoms with van der Waals surface area (Å²) in [7, 11) is 0. The second-order valence-corrected chi connectivity index (χ2v) is 6.67. The molecule has 0 amide bonds. The molecule has 0 saturated carbocycles. The van der Waals surface area contributed by atoms with E-state index in [9.17, 15) is 17.5 Å². The van der Waals surface area contributed by atoms with Gasteiger partial charge in [-0.1, -0.05) is 42.5 Å². The Bertz CT molecular complexity index is 1050. The summed E-state index contributed by atoms with van der Waals surface area (Å²) in [5, 5.41) is 5.20. The molecule has 0 aliphatic carbocycles. The molecule has 24 heavy (non-hydrogen) atoms. The minimum Gasteiger partial charge on any atom is -0.755 e. The fraction of sp³-hybridized carbons (Fsp3) is 0. The van der Waals surface area contributed by atoms with Gasteiger partial charge < -0.3 is 18.5 Å². The molecule has 0 aliphatic rings. The maximum absolute atomic E-state index is 11.1. The number of rotatable bonds is 4. The van der Waals surface area contributed by atoms with E-state index in [0.29, 0.717) is 22.1 Å². The first-order valence-electron chi connectivity index (χ1n) is 6.97. The Morgan fingerprint density at radius 1 is 0.708 bits per heavy atom. The normalized spacial score (nSPS) is 14.2. The van der Waals surface area contributed by atoms with Crippen molar-refractivity contribution in [1.82, 2.24) is 0 Å². The Labute approximate surface area is 142 Å². The molecule has 2 atom stereocenters. The van der Waals surface area contributed by atoms with Crippen LogP contribution in [0.3, 0.4) is 0 Å². The minimum atomic E-state index is -2.52. The van der Waals surface area contributed by atoms with Gasteiger partial charge in [-0.15, -0.1) is 0 Å². The van der Waals surface area contributed by atoms with Crippen LogP contribution < -0.4 is 9.44 Å². The van der Waals surface area contributed by atoms with E-state index in [2.05, 4.69) is 9.44 Å².